The highest BCUT2D eigenvalue weighted by atomic mass is 32.2. The van der Waals surface area contributed by atoms with E-state index < -0.39 is 49.7 Å². The molecule has 0 spiro atoms. The fourth-order valence-electron chi connectivity index (χ4n) is 4.89. The minimum absolute atomic E-state index is 0.0353. The number of morpholine rings is 1. The molecule has 0 radical (unpaired) electrons. The van der Waals surface area contributed by atoms with Gasteiger partial charge in [-0.15, -0.1) is 0 Å². The average molecular weight is 586 g/mol. The number of nitrogens with zero attached hydrogens (tertiary/aromatic N) is 1. The molecule has 13 nitrogen and oxygen atoms in total. The van der Waals surface area contributed by atoms with Gasteiger partial charge in [-0.25, -0.2) is 4.79 Å². The molecule has 0 aromatic heterocycles. The molecule has 2 unspecified atom stereocenters. The van der Waals surface area contributed by atoms with Crippen LogP contribution in [0.4, 0.5) is 4.79 Å². The highest BCUT2D eigenvalue weighted by Crippen LogP contribution is 2.48. The zero-order valence-corrected chi connectivity index (χ0v) is 22.6. The van der Waals surface area contributed by atoms with Crippen molar-refractivity contribution in [2.45, 2.75) is 18.4 Å². The van der Waals surface area contributed by atoms with Crippen molar-refractivity contribution in [3.05, 3.63) is 53.1 Å². The largest absolute Gasteiger partial charge is 0.457 e. The number of nitrogens with two attached hydrogens (primary N) is 1. The van der Waals surface area contributed by atoms with E-state index in [1.54, 1.807) is 18.2 Å². The zero-order valence-electron chi connectivity index (χ0n) is 21.0. The van der Waals surface area contributed by atoms with Gasteiger partial charge in [0.15, 0.2) is 0 Å². The van der Waals surface area contributed by atoms with Gasteiger partial charge in [0, 0.05) is 50.1 Å². The summed E-state index contributed by atoms with van der Waals surface area (Å²) in [7, 11) is -9.26. The number of amides is 1. The SMILES string of the molecule is NC(=O)Oc1ccc2c(c1)C(CS(=O)(=O)O)C(CS(=O)(=O)O)c1cc(CNCCN3CCOCC3)ccc1O2. The Kier molecular flexibility index (Phi) is 9.10. The fourth-order valence-corrected chi connectivity index (χ4v) is 6.62. The van der Waals surface area contributed by atoms with E-state index in [0.717, 1.165) is 25.2 Å². The Balaban J connectivity index is 1.68. The second-order valence-electron chi connectivity index (χ2n) is 9.44. The molecule has 2 aliphatic rings. The van der Waals surface area contributed by atoms with Crippen molar-refractivity contribution >= 4 is 26.3 Å². The van der Waals surface area contributed by atoms with Crippen molar-refractivity contribution in [2.24, 2.45) is 5.73 Å². The van der Waals surface area contributed by atoms with E-state index in [1.165, 1.54) is 18.2 Å². The molecule has 4 rings (SSSR count). The first-order chi connectivity index (χ1) is 18.4. The van der Waals surface area contributed by atoms with E-state index in [9.17, 15) is 30.7 Å². The van der Waals surface area contributed by atoms with Gasteiger partial charge < -0.3 is 25.3 Å². The van der Waals surface area contributed by atoms with Gasteiger partial charge in [0.25, 0.3) is 20.2 Å². The van der Waals surface area contributed by atoms with Crippen LogP contribution in [0.25, 0.3) is 0 Å². The van der Waals surface area contributed by atoms with Gasteiger partial charge in [0.05, 0.1) is 24.7 Å². The van der Waals surface area contributed by atoms with Crippen LogP contribution in [0.1, 0.15) is 28.5 Å². The summed E-state index contributed by atoms with van der Waals surface area (Å²) in [6.45, 7) is 5.06. The standard InChI is InChI=1S/C24H31N3O10S2/c25-24(28)36-17-2-4-23-19(12-17)21(15-39(32,33)34)20(14-38(29,30)31)18-11-16(1-3-22(18)37-23)13-26-5-6-27-7-9-35-10-8-27/h1-4,11-12,20-21,26H,5-10,13-15H2,(H2,25,28)(H,29,30,31)(H,32,33,34). The van der Waals surface area contributed by atoms with Crippen molar-refractivity contribution in [3.8, 4) is 17.2 Å². The number of hydrogen-bond acceptors (Lipinski definition) is 10. The van der Waals surface area contributed by atoms with Gasteiger partial charge in [0.2, 0.25) is 0 Å². The Morgan fingerprint density at radius 1 is 0.974 bits per heavy atom. The van der Waals surface area contributed by atoms with Gasteiger partial charge in [-0.3, -0.25) is 14.0 Å². The van der Waals surface area contributed by atoms with Crippen LogP contribution < -0.4 is 20.5 Å². The van der Waals surface area contributed by atoms with Gasteiger partial charge in [-0.2, -0.15) is 16.8 Å². The Labute approximate surface area is 226 Å². The first-order valence-corrected chi connectivity index (χ1v) is 15.4. The number of carbonyl (C=O) groups excluding carboxylic acids is 1. The summed E-state index contributed by atoms with van der Waals surface area (Å²) in [5.74, 6) is -3.69. The van der Waals surface area contributed by atoms with Gasteiger partial charge in [-0.05, 0) is 35.4 Å². The lowest BCUT2D eigenvalue weighted by Crippen LogP contribution is -2.40. The molecular weight excluding hydrogens is 554 g/mol. The summed E-state index contributed by atoms with van der Waals surface area (Å²) in [5, 5.41) is 3.34. The van der Waals surface area contributed by atoms with Crippen LogP contribution in [-0.4, -0.2) is 87.8 Å². The molecule has 0 bridgehead atoms. The predicted octanol–water partition coefficient (Wildman–Crippen LogP) is 1.31. The maximum Gasteiger partial charge on any atom is 0.409 e. The minimum atomic E-state index is -4.64. The molecule has 2 atom stereocenters. The maximum atomic E-state index is 12.1. The molecule has 15 heteroatoms. The molecule has 2 aromatic rings. The summed E-state index contributed by atoms with van der Waals surface area (Å²) in [5.41, 5.74) is 6.36. The van der Waals surface area contributed by atoms with Crippen LogP contribution in [0.2, 0.25) is 0 Å². The molecule has 2 heterocycles. The van der Waals surface area contributed by atoms with E-state index in [0.29, 0.717) is 31.9 Å². The van der Waals surface area contributed by atoms with Crippen molar-refractivity contribution in [3.63, 3.8) is 0 Å². The van der Waals surface area contributed by atoms with Crippen molar-refractivity contribution in [1.82, 2.24) is 10.2 Å². The molecule has 2 aromatic carbocycles. The Bertz CT molecular complexity index is 1410. The molecule has 1 fully saturated rings. The summed E-state index contributed by atoms with van der Waals surface area (Å²) in [6, 6.07) is 9.22. The fraction of sp³-hybridized carbons (Fsp3) is 0.458. The second kappa shape index (κ2) is 12.2. The third-order valence-electron chi connectivity index (χ3n) is 6.60. The number of rotatable bonds is 10. The number of carbonyl (C=O) groups is 1. The molecule has 1 amide bonds. The lowest BCUT2D eigenvalue weighted by Gasteiger charge is -2.26. The zero-order chi connectivity index (χ0) is 28.2. The van der Waals surface area contributed by atoms with E-state index in [4.69, 9.17) is 19.9 Å². The topological polar surface area (TPSA) is 195 Å². The smallest absolute Gasteiger partial charge is 0.409 e. The third-order valence-corrected chi connectivity index (χ3v) is 8.16. The Morgan fingerprint density at radius 2 is 1.56 bits per heavy atom. The van der Waals surface area contributed by atoms with Crippen molar-refractivity contribution < 1.29 is 44.9 Å². The maximum absolute atomic E-state index is 12.1. The van der Waals surface area contributed by atoms with E-state index in [1.807, 2.05) is 0 Å². The Hall–Kier alpha value is -2.79. The van der Waals surface area contributed by atoms with E-state index in [-0.39, 0.29) is 22.8 Å². The van der Waals surface area contributed by atoms with Crippen LogP contribution in [0.3, 0.4) is 0 Å². The number of primary amides is 1. The highest BCUT2D eigenvalue weighted by Gasteiger charge is 2.38. The van der Waals surface area contributed by atoms with E-state index in [2.05, 4.69) is 10.2 Å². The number of nitrogens with one attached hydrogen (secondary N) is 1. The van der Waals surface area contributed by atoms with Gasteiger partial charge in [-0.1, -0.05) is 12.1 Å². The highest BCUT2D eigenvalue weighted by molar-refractivity contribution is 7.86. The van der Waals surface area contributed by atoms with Crippen molar-refractivity contribution in [1.29, 1.82) is 0 Å². The number of ether oxygens (including phenoxy) is 3. The van der Waals surface area contributed by atoms with Crippen LogP contribution in [0, 0.1) is 0 Å². The first-order valence-electron chi connectivity index (χ1n) is 12.2. The molecule has 1 saturated heterocycles. The lowest BCUT2D eigenvalue weighted by atomic mass is 9.83. The normalized spacial score (nSPS) is 19.8. The van der Waals surface area contributed by atoms with Crippen LogP contribution in [-0.2, 0) is 31.5 Å². The molecule has 0 saturated carbocycles. The first kappa shape index (κ1) is 29.2. The molecule has 0 aliphatic carbocycles. The lowest BCUT2D eigenvalue weighted by molar-refractivity contribution is 0.0384. The molecule has 5 N–H and O–H groups in total. The summed E-state index contributed by atoms with van der Waals surface area (Å²) >= 11 is 0. The number of benzene rings is 2. The third kappa shape index (κ3) is 8.35. The summed E-state index contributed by atoms with van der Waals surface area (Å²) < 4.78 is 84.2. The molecular formula is C24H31N3O10S2. The summed E-state index contributed by atoms with van der Waals surface area (Å²) in [6.07, 6.45) is -1.11. The molecule has 2 aliphatic heterocycles. The van der Waals surface area contributed by atoms with Gasteiger partial charge in [0.1, 0.15) is 17.2 Å². The molecule has 214 valence electrons. The second-order valence-corrected chi connectivity index (χ2v) is 12.4. The summed E-state index contributed by atoms with van der Waals surface area (Å²) in [4.78, 5) is 13.6. The molecule has 39 heavy (non-hydrogen) atoms. The van der Waals surface area contributed by atoms with Crippen molar-refractivity contribution in [2.75, 3.05) is 50.9 Å². The Morgan fingerprint density at radius 3 is 2.15 bits per heavy atom. The number of hydrogen-bond donors (Lipinski definition) is 4. The van der Waals surface area contributed by atoms with E-state index >= 15 is 0 Å². The van der Waals surface area contributed by atoms with Crippen LogP contribution in [0.15, 0.2) is 36.4 Å². The number of fused-ring (bicyclic) bond motifs is 2. The predicted molar refractivity (Wildman–Crippen MR) is 140 cm³/mol. The average Bonchev–Trinajstić information content (AvgIpc) is 2.95. The van der Waals surface area contributed by atoms with Crippen LogP contribution >= 0.6 is 0 Å². The van der Waals surface area contributed by atoms with Gasteiger partial charge >= 0.3 is 6.09 Å². The minimum Gasteiger partial charge on any atom is -0.457 e. The van der Waals surface area contributed by atoms with Crippen LogP contribution in [0.5, 0.6) is 17.2 Å². The monoisotopic (exact) mass is 585 g/mol. The quantitative estimate of drug-likeness (QED) is 0.231.